The van der Waals surface area contributed by atoms with Crippen LogP contribution in [0, 0.1) is 13.8 Å². The number of thioether (sulfide) groups is 1. The molecule has 1 saturated heterocycles. The largest absolute Gasteiger partial charge is 0.497 e. The molecule has 206 valence electrons. The molecule has 2 heterocycles. The van der Waals surface area contributed by atoms with Crippen LogP contribution in [0.1, 0.15) is 32.7 Å². The summed E-state index contributed by atoms with van der Waals surface area (Å²) in [6.45, 7) is 8.35. The number of ether oxygens (including phenoxy) is 1. The van der Waals surface area contributed by atoms with E-state index in [-0.39, 0.29) is 5.91 Å². The summed E-state index contributed by atoms with van der Waals surface area (Å²) in [5.74, 6) is 2.56. The number of hydrogen-bond acceptors (Lipinski definition) is 7. The molecule has 1 aliphatic rings. The number of carbonyl (C=O) groups is 1. The van der Waals surface area contributed by atoms with Crippen LogP contribution in [0.15, 0.2) is 84.0 Å². The molecule has 1 fully saturated rings. The lowest BCUT2D eigenvalue weighted by Gasteiger charge is -2.37. The summed E-state index contributed by atoms with van der Waals surface area (Å²) in [6, 6.07) is 25.9. The predicted molar refractivity (Wildman–Crippen MR) is 163 cm³/mol. The van der Waals surface area contributed by atoms with Gasteiger partial charge in [0.2, 0.25) is 0 Å². The van der Waals surface area contributed by atoms with Crippen molar-refractivity contribution in [2.45, 2.75) is 31.3 Å². The van der Waals surface area contributed by atoms with Crippen molar-refractivity contribution in [2.75, 3.05) is 43.1 Å². The van der Waals surface area contributed by atoms with Gasteiger partial charge < -0.3 is 19.9 Å². The fraction of sp³-hybridized carbons (Fsp3) is 0.281. The molecule has 0 aliphatic carbocycles. The highest BCUT2D eigenvalue weighted by molar-refractivity contribution is 7.98. The number of rotatable bonds is 9. The molecule has 1 N–H and O–H groups in total. The number of nitrogens with one attached hydrogen (secondary N) is 1. The molecular weight excluding hydrogens is 518 g/mol. The van der Waals surface area contributed by atoms with Crippen molar-refractivity contribution in [1.29, 1.82) is 0 Å². The standard InChI is InChI=1S/C32H35N5O2S/c1-23-24(2)34-32(35-30(23)37-19-17-36(18-20-37)28-13-15-29(39-3)16-14-28)40-22-26-9-11-27(12-10-26)31(38)33-21-25-7-5-4-6-8-25/h4-16H,17-22H2,1-3H3,(H,33,38). The van der Waals surface area contributed by atoms with Crippen LogP contribution in [-0.2, 0) is 12.3 Å². The number of hydrogen-bond donors (Lipinski definition) is 1. The average molecular weight is 554 g/mol. The minimum atomic E-state index is -0.0720. The highest BCUT2D eigenvalue weighted by Crippen LogP contribution is 2.28. The molecule has 0 radical (unpaired) electrons. The first-order valence-corrected chi connectivity index (χ1v) is 14.5. The van der Waals surface area contributed by atoms with E-state index in [2.05, 4.69) is 41.1 Å². The fourth-order valence-corrected chi connectivity index (χ4v) is 5.55. The first-order valence-electron chi connectivity index (χ1n) is 13.5. The smallest absolute Gasteiger partial charge is 0.251 e. The molecule has 3 aromatic carbocycles. The molecule has 1 aliphatic heterocycles. The Morgan fingerprint density at radius 1 is 0.850 bits per heavy atom. The predicted octanol–water partition coefficient (Wildman–Crippen LogP) is 5.65. The molecule has 4 aromatic rings. The van der Waals surface area contributed by atoms with E-state index in [9.17, 15) is 4.79 Å². The maximum atomic E-state index is 12.5. The Kier molecular flexibility index (Phi) is 8.86. The number of aromatic nitrogens is 2. The summed E-state index contributed by atoms with van der Waals surface area (Å²) in [5.41, 5.74) is 6.22. The van der Waals surface area contributed by atoms with Crippen molar-refractivity contribution in [3.8, 4) is 5.75 Å². The van der Waals surface area contributed by atoms with Crippen LogP contribution in [-0.4, -0.2) is 49.2 Å². The number of methoxy groups -OCH3 is 1. The van der Waals surface area contributed by atoms with Gasteiger partial charge in [-0.3, -0.25) is 4.79 Å². The van der Waals surface area contributed by atoms with Gasteiger partial charge in [0, 0.05) is 61.0 Å². The van der Waals surface area contributed by atoms with Gasteiger partial charge in [0.15, 0.2) is 5.16 Å². The molecular formula is C32H35N5O2S. The van der Waals surface area contributed by atoms with E-state index in [0.29, 0.717) is 12.1 Å². The van der Waals surface area contributed by atoms with Gasteiger partial charge in [-0.1, -0.05) is 54.2 Å². The van der Waals surface area contributed by atoms with E-state index in [4.69, 9.17) is 14.7 Å². The molecule has 0 bridgehead atoms. The van der Waals surface area contributed by atoms with Crippen molar-refractivity contribution >= 4 is 29.2 Å². The maximum absolute atomic E-state index is 12.5. The van der Waals surface area contributed by atoms with Crippen molar-refractivity contribution in [3.63, 3.8) is 0 Å². The Balaban J connectivity index is 1.17. The van der Waals surface area contributed by atoms with Gasteiger partial charge in [-0.2, -0.15) is 0 Å². The first kappa shape index (κ1) is 27.5. The highest BCUT2D eigenvalue weighted by Gasteiger charge is 2.21. The van der Waals surface area contributed by atoms with E-state index in [1.165, 1.54) is 5.69 Å². The number of carbonyl (C=O) groups excluding carboxylic acids is 1. The van der Waals surface area contributed by atoms with Gasteiger partial charge in [0.25, 0.3) is 5.91 Å². The number of nitrogens with zero attached hydrogens (tertiary/aromatic N) is 4. The number of anilines is 2. The van der Waals surface area contributed by atoms with Crippen LogP contribution >= 0.6 is 11.8 Å². The Bertz CT molecular complexity index is 1420. The van der Waals surface area contributed by atoms with Gasteiger partial charge in [-0.05, 0) is 61.4 Å². The van der Waals surface area contributed by atoms with Gasteiger partial charge in [0.05, 0.1) is 7.11 Å². The molecule has 7 nitrogen and oxygen atoms in total. The van der Waals surface area contributed by atoms with Crippen molar-refractivity contribution in [3.05, 3.63) is 107 Å². The second kappa shape index (κ2) is 12.9. The lowest BCUT2D eigenvalue weighted by Crippen LogP contribution is -2.47. The molecule has 0 spiro atoms. The molecule has 40 heavy (non-hydrogen) atoms. The summed E-state index contributed by atoms with van der Waals surface area (Å²) in [6.07, 6.45) is 0. The summed E-state index contributed by atoms with van der Waals surface area (Å²) in [7, 11) is 1.69. The van der Waals surface area contributed by atoms with E-state index in [0.717, 1.165) is 71.0 Å². The SMILES string of the molecule is COc1ccc(N2CCN(c3nc(SCc4ccc(C(=O)NCc5ccccc5)cc4)nc(C)c3C)CC2)cc1. The van der Waals surface area contributed by atoms with Crippen LogP contribution in [0.25, 0.3) is 0 Å². The van der Waals surface area contributed by atoms with Gasteiger partial charge in [-0.25, -0.2) is 9.97 Å². The third kappa shape index (κ3) is 6.74. The molecule has 5 rings (SSSR count). The monoisotopic (exact) mass is 553 g/mol. The number of benzene rings is 3. The van der Waals surface area contributed by atoms with Gasteiger partial charge in [-0.15, -0.1) is 0 Å². The highest BCUT2D eigenvalue weighted by atomic mass is 32.2. The zero-order valence-corrected chi connectivity index (χ0v) is 24.1. The Hall–Kier alpha value is -4.04. The van der Waals surface area contributed by atoms with Crippen LogP contribution < -0.4 is 19.9 Å². The maximum Gasteiger partial charge on any atom is 0.251 e. The van der Waals surface area contributed by atoms with Gasteiger partial charge >= 0.3 is 0 Å². The van der Waals surface area contributed by atoms with Crippen molar-refractivity contribution < 1.29 is 9.53 Å². The number of amides is 1. The van der Waals surface area contributed by atoms with Crippen LogP contribution in [0.2, 0.25) is 0 Å². The molecule has 0 atom stereocenters. The topological polar surface area (TPSA) is 70.6 Å². The second-order valence-electron chi connectivity index (χ2n) is 9.87. The molecule has 0 saturated carbocycles. The lowest BCUT2D eigenvalue weighted by atomic mass is 10.1. The summed E-state index contributed by atoms with van der Waals surface area (Å²) >= 11 is 1.63. The average Bonchev–Trinajstić information content (AvgIpc) is 3.01. The zero-order valence-electron chi connectivity index (χ0n) is 23.3. The minimum Gasteiger partial charge on any atom is -0.497 e. The van der Waals surface area contributed by atoms with Gasteiger partial charge in [0.1, 0.15) is 11.6 Å². The minimum absolute atomic E-state index is 0.0720. The summed E-state index contributed by atoms with van der Waals surface area (Å²) in [4.78, 5) is 27.0. The van der Waals surface area contributed by atoms with E-state index in [1.807, 2.05) is 66.7 Å². The summed E-state index contributed by atoms with van der Waals surface area (Å²) < 4.78 is 5.29. The van der Waals surface area contributed by atoms with Crippen molar-refractivity contribution in [2.24, 2.45) is 0 Å². The molecule has 1 aromatic heterocycles. The Morgan fingerprint density at radius 3 is 2.20 bits per heavy atom. The molecule has 8 heteroatoms. The van der Waals surface area contributed by atoms with E-state index < -0.39 is 0 Å². The summed E-state index contributed by atoms with van der Waals surface area (Å²) in [5, 5.41) is 3.76. The van der Waals surface area contributed by atoms with Crippen LogP contribution in [0.4, 0.5) is 11.5 Å². The van der Waals surface area contributed by atoms with E-state index >= 15 is 0 Å². The molecule has 0 unspecified atom stereocenters. The normalized spacial score (nSPS) is 13.3. The zero-order chi connectivity index (χ0) is 27.9. The first-order chi connectivity index (χ1) is 19.5. The number of aryl methyl sites for hydroxylation is 1. The quantitative estimate of drug-likeness (QED) is 0.212. The number of piperazine rings is 1. The lowest BCUT2D eigenvalue weighted by molar-refractivity contribution is 0.0951. The van der Waals surface area contributed by atoms with Crippen molar-refractivity contribution in [1.82, 2.24) is 15.3 Å². The fourth-order valence-electron chi connectivity index (χ4n) is 4.71. The third-order valence-electron chi connectivity index (χ3n) is 7.24. The Morgan fingerprint density at radius 2 is 1.52 bits per heavy atom. The second-order valence-corrected chi connectivity index (χ2v) is 10.8. The molecule has 1 amide bonds. The van der Waals surface area contributed by atoms with E-state index in [1.54, 1.807) is 18.9 Å². The van der Waals surface area contributed by atoms with Crippen LogP contribution in [0.5, 0.6) is 5.75 Å². The Labute approximate surface area is 240 Å². The van der Waals surface area contributed by atoms with Crippen LogP contribution in [0.3, 0.4) is 0 Å². The third-order valence-corrected chi connectivity index (χ3v) is 8.16.